The highest BCUT2D eigenvalue weighted by Crippen LogP contribution is 1.96. The van der Waals surface area contributed by atoms with Crippen molar-refractivity contribution in [3.63, 3.8) is 0 Å². The summed E-state index contributed by atoms with van der Waals surface area (Å²) in [5.41, 5.74) is 0. The van der Waals surface area contributed by atoms with Crippen LogP contribution in [0.25, 0.3) is 0 Å². The maximum atomic E-state index is 2.30. The Balaban J connectivity index is 2.86. The Morgan fingerprint density at radius 2 is 1.56 bits per heavy atom. The lowest BCUT2D eigenvalue weighted by Crippen LogP contribution is -1.66. The van der Waals surface area contributed by atoms with Crippen LogP contribution in [0.5, 0.6) is 0 Å². The van der Waals surface area contributed by atoms with Crippen LogP contribution in [-0.4, -0.2) is 0 Å². The summed E-state index contributed by atoms with van der Waals surface area (Å²) in [7, 11) is 0. The van der Waals surface area contributed by atoms with E-state index in [-0.39, 0.29) is 0 Å². The lowest BCUT2D eigenvalue weighted by molar-refractivity contribution is 0.810. The van der Waals surface area contributed by atoms with Gasteiger partial charge in [-0.1, -0.05) is 45.3 Å². The molecule has 0 nitrogen and oxygen atoms in total. The molecule has 0 N–H and O–H groups in total. The van der Waals surface area contributed by atoms with Crippen molar-refractivity contribution in [3.05, 3.63) is 12.2 Å². The molecular formula is C9H18. The van der Waals surface area contributed by atoms with Crippen molar-refractivity contribution in [3.8, 4) is 0 Å². The third-order valence-corrected chi connectivity index (χ3v) is 1.35. The first-order valence-corrected chi connectivity index (χ1v) is 4.06. The maximum absolute atomic E-state index is 2.30. The maximum Gasteiger partial charge on any atom is -0.0351 e. The zero-order chi connectivity index (χ0) is 6.95. The predicted octanol–water partition coefficient (Wildman–Crippen LogP) is 3.53. The van der Waals surface area contributed by atoms with Gasteiger partial charge in [0.1, 0.15) is 0 Å². The summed E-state index contributed by atoms with van der Waals surface area (Å²) in [5.74, 6) is 0. The topological polar surface area (TPSA) is 0 Å². The van der Waals surface area contributed by atoms with Gasteiger partial charge in [0.2, 0.25) is 0 Å². The number of rotatable bonds is 5. The second-order valence-corrected chi connectivity index (χ2v) is 2.40. The van der Waals surface area contributed by atoms with E-state index in [9.17, 15) is 0 Å². The molecule has 0 aromatic carbocycles. The van der Waals surface area contributed by atoms with Crippen LogP contribution in [0.4, 0.5) is 0 Å². The van der Waals surface area contributed by atoms with Crippen molar-refractivity contribution in [2.24, 2.45) is 0 Å². The third-order valence-electron chi connectivity index (χ3n) is 1.35. The minimum absolute atomic E-state index is 1.25. The van der Waals surface area contributed by atoms with E-state index in [0.717, 1.165) is 0 Å². The van der Waals surface area contributed by atoms with Crippen molar-refractivity contribution in [1.29, 1.82) is 0 Å². The first-order chi connectivity index (χ1) is 4.41. The Morgan fingerprint density at radius 3 is 2.11 bits per heavy atom. The molecule has 0 aromatic heterocycles. The highest BCUT2D eigenvalue weighted by atomic mass is 13.8. The molecular weight excluding hydrogens is 108 g/mol. The lowest BCUT2D eigenvalue weighted by atomic mass is 10.2. The average molecular weight is 126 g/mol. The van der Waals surface area contributed by atoms with E-state index in [0.29, 0.717) is 0 Å². The third kappa shape index (κ3) is 7.74. The number of hydrogen-bond acceptors (Lipinski definition) is 0. The van der Waals surface area contributed by atoms with Gasteiger partial charge in [0.15, 0.2) is 0 Å². The molecule has 0 radical (unpaired) electrons. The fourth-order valence-electron chi connectivity index (χ4n) is 0.724. The van der Waals surface area contributed by atoms with Crippen molar-refractivity contribution in [2.45, 2.75) is 46.0 Å². The average Bonchev–Trinajstić information content (AvgIpc) is 1.89. The summed E-state index contributed by atoms with van der Waals surface area (Å²) < 4.78 is 0. The SMILES string of the molecule is CCCC=CCCCC. The molecule has 0 heteroatoms. The molecule has 0 amide bonds. The van der Waals surface area contributed by atoms with E-state index in [4.69, 9.17) is 0 Å². The molecule has 0 atom stereocenters. The van der Waals surface area contributed by atoms with Gasteiger partial charge in [0, 0.05) is 0 Å². The quantitative estimate of drug-likeness (QED) is 0.390. The molecule has 0 saturated heterocycles. The van der Waals surface area contributed by atoms with Crippen molar-refractivity contribution in [1.82, 2.24) is 0 Å². The second kappa shape index (κ2) is 7.74. The van der Waals surface area contributed by atoms with Gasteiger partial charge in [0.25, 0.3) is 0 Å². The minimum atomic E-state index is 1.25. The molecule has 0 aliphatic carbocycles. The Morgan fingerprint density at radius 1 is 0.889 bits per heavy atom. The standard InChI is InChI=1S/C9H18/c1-3-5-7-9-8-6-4-2/h7,9H,3-6,8H2,1-2H3. The molecule has 0 bridgehead atoms. The zero-order valence-electron chi connectivity index (χ0n) is 6.69. The van der Waals surface area contributed by atoms with E-state index in [2.05, 4.69) is 26.0 Å². The van der Waals surface area contributed by atoms with E-state index < -0.39 is 0 Å². The van der Waals surface area contributed by atoms with Gasteiger partial charge in [-0.15, -0.1) is 0 Å². The smallest absolute Gasteiger partial charge is 0.0351 e. The predicted molar refractivity (Wildman–Crippen MR) is 43.6 cm³/mol. The molecule has 0 spiro atoms. The van der Waals surface area contributed by atoms with Gasteiger partial charge in [-0.25, -0.2) is 0 Å². The van der Waals surface area contributed by atoms with Crippen LogP contribution in [0.2, 0.25) is 0 Å². The Bertz CT molecular complexity index is 62.4. The van der Waals surface area contributed by atoms with Crippen molar-refractivity contribution < 1.29 is 0 Å². The van der Waals surface area contributed by atoms with Gasteiger partial charge >= 0.3 is 0 Å². The first kappa shape index (κ1) is 8.74. The minimum Gasteiger partial charge on any atom is -0.0885 e. The largest absolute Gasteiger partial charge is 0.0885 e. The molecule has 0 saturated carbocycles. The summed E-state index contributed by atoms with van der Waals surface area (Å²) in [6.07, 6.45) is 11.1. The molecule has 0 aliphatic rings. The zero-order valence-corrected chi connectivity index (χ0v) is 6.69. The van der Waals surface area contributed by atoms with E-state index >= 15 is 0 Å². The summed E-state index contributed by atoms with van der Waals surface area (Å²) in [5, 5.41) is 0. The molecule has 0 aliphatic heterocycles. The van der Waals surface area contributed by atoms with Gasteiger partial charge < -0.3 is 0 Å². The fraction of sp³-hybridized carbons (Fsp3) is 0.778. The van der Waals surface area contributed by atoms with Crippen LogP contribution in [0.15, 0.2) is 12.2 Å². The fourth-order valence-corrected chi connectivity index (χ4v) is 0.724. The van der Waals surface area contributed by atoms with E-state index in [1.54, 1.807) is 0 Å². The Labute approximate surface area is 59.0 Å². The van der Waals surface area contributed by atoms with Gasteiger partial charge in [0.05, 0.1) is 0 Å². The molecule has 9 heavy (non-hydrogen) atoms. The molecule has 0 heterocycles. The Kier molecular flexibility index (Phi) is 7.52. The highest BCUT2D eigenvalue weighted by molar-refractivity contribution is 4.80. The normalized spacial score (nSPS) is 10.9. The summed E-state index contributed by atoms with van der Waals surface area (Å²) in [6.45, 7) is 4.44. The number of allylic oxidation sites excluding steroid dienone is 2. The number of hydrogen-bond donors (Lipinski definition) is 0. The monoisotopic (exact) mass is 126 g/mol. The van der Waals surface area contributed by atoms with E-state index in [1.807, 2.05) is 0 Å². The van der Waals surface area contributed by atoms with Crippen LogP contribution >= 0.6 is 0 Å². The molecule has 0 aromatic rings. The molecule has 0 fully saturated rings. The van der Waals surface area contributed by atoms with Crippen LogP contribution in [0, 0.1) is 0 Å². The van der Waals surface area contributed by atoms with Gasteiger partial charge in [-0.05, 0) is 12.8 Å². The summed E-state index contributed by atoms with van der Waals surface area (Å²) in [6, 6.07) is 0. The van der Waals surface area contributed by atoms with Crippen molar-refractivity contribution >= 4 is 0 Å². The van der Waals surface area contributed by atoms with Crippen LogP contribution < -0.4 is 0 Å². The molecule has 54 valence electrons. The van der Waals surface area contributed by atoms with Crippen LogP contribution in [0.1, 0.15) is 46.0 Å². The molecule has 0 rings (SSSR count). The number of unbranched alkanes of at least 4 members (excludes halogenated alkanes) is 3. The van der Waals surface area contributed by atoms with Gasteiger partial charge in [-0.2, -0.15) is 0 Å². The van der Waals surface area contributed by atoms with E-state index in [1.165, 1.54) is 32.1 Å². The van der Waals surface area contributed by atoms with Gasteiger partial charge in [-0.3, -0.25) is 0 Å². The first-order valence-electron chi connectivity index (χ1n) is 4.06. The van der Waals surface area contributed by atoms with Crippen LogP contribution in [0.3, 0.4) is 0 Å². The van der Waals surface area contributed by atoms with Crippen molar-refractivity contribution in [2.75, 3.05) is 0 Å². The Hall–Kier alpha value is -0.260. The lowest BCUT2D eigenvalue weighted by Gasteiger charge is -1.87. The molecule has 0 unspecified atom stereocenters. The second-order valence-electron chi connectivity index (χ2n) is 2.40. The summed E-state index contributed by atoms with van der Waals surface area (Å²) in [4.78, 5) is 0. The van der Waals surface area contributed by atoms with Crippen LogP contribution in [-0.2, 0) is 0 Å². The highest BCUT2D eigenvalue weighted by Gasteiger charge is 1.76. The summed E-state index contributed by atoms with van der Waals surface area (Å²) >= 11 is 0.